The summed E-state index contributed by atoms with van der Waals surface area (Å²) >= 11 is 0. The number of rotatable bonds is 4. The SMILES string of the molecule is C[C@H](Cc1nncn1C)c1cccc(-n2cc3c(C(F)(F)F)cccn3c2=O)c1. The van der Waals surface area contributed by atoms with Crippen LogP contribution in [0, 0.1) is 0 Å². The molecular weight excluding hydrogens is 383 g/mol. The van der Waals surface area contributed by atoms with Gasteiger partial charge in [0, 0.05) is 25.9 Å². The summed E-state index contributed by atoms with van der Waals surface area (Å²) in [7, 11) is 1.86. The Hall–Kier alpha value is -3.36. The van der Waals surface area contributed by atoms with Gasteiger partial charge in [0.25, 0.3) is 0 Å². The van der Waals surface area contributed by atoms with Gasteiger partial charge in [-0.15, -0.1) is 10.2 Å². The van der Waals surface area contributed by atoms with E-state index in [2.05, 4.69) is 10.2 Å². The number of alkyl halides is 3. The molecule has 1 atom stereocenters. The molecule has 4 rings (SSSR count). The summed E-state index contributed by atoms with van der Waals surface area (Å²) in [6, 6.07) is 9.42. The van der Waals surface area contributed by atoms with Crippen LogP contribution < -0.4 is 5.69 Å². The summed E-state index contributed by atoms with van der Waals surface area (Å²) < 4.78 is 44.0. The Labute approximate surface area is 163 Å². The lowest BCUT2D eigenvalue weighted by atomic mass is 9.97. The molecule has 0 saturated carbocycles. The van der Waals surface area contributed by atoms with Crippen molar-refractivity contribution in [3.8, 4) is 5.69 Å². The van der Waals surface area contributed by atoms with E-state index in [0.29, 0.717) is 12.1 Å². The van der Waals surface area contributed by atoms with Crippen LogP contribution in [-0.2, 0) is 19.6 Å². The van der Waals surface area contributed by atoms with Crippen LogP contribution in [0.5, 0.6) is 0 Å². The minimum atomic E-state index is -4.54. The summed E-state index contributed by atoms with van der Waals surface area (Å²) in [6.45, 7) is 2.02. The third kappa shape index (κ3) is 3.43. The van der Waals surface area contributed by atoms with Crippen LogP contribution in [-0.4, -0.2) is 23.7 Å². The number of nitrogens with zero attached hydrogens (tertiary/aromatic N) is 5. The van der Waals surface area contributed by atoms with E-state index in [1.807, 2.05) is 30.7 Å². The van der Waals surface area contributed by atoms with Crippen LogP contribution >= 0.6 is 0 Å². The van der Waals surface area contributed by atoms with E-state index < -0.39 is 17.4 Å². The first kappa shape index (κ1) is 19.0. The van der Waals surface area contributed by atoms with Gasteiger partial charge in [0.05, 0.1) is 16.8 Å². The van der Waals surface area contributed by atoms with E-state index in [4.69, 9.17) is 0 Å². The quantitative estimate of drug-likeness (QED) is 0.525. The molecule has 0 radical (unpaired) electrons. The highest BCUT2D eigenvalue weighted by Gasteiger charge is 2.33. The highest BCUT2D eigenvalue weighted by atomic mass is 19.4. The lowest BCUT2D eigenvalue weighted by Crippen LogP contribution is -2.19. The number of aromatic nitrogens is 5. The highest BCUT2D eigenvalue weighted by Crippen LogP contribution is 2.32. The zero-order chi connectivity index (χ0) is 20.8. The second kappa shape index (κ2) is 6.91. The van der Waals surface area contributed by atoms with Crippen LogP contribution in [0.2, 0.25) is 0 Å². The summed E-state index contributed by atoms with van der Waals surface area (Å²) in [5.41, 5.74) is -0.118. The molecule has 0 bridgehead atoms. The van der Waals surface area contributed by atoms with Gasteiger partial charge in [0.1, 0.15) is 12.2 Å². The maximum Gasteiger partial charge on any atom is 0.418 e. The molecule has 0 spiro atoms. The molecule has 150 valence electrons. The summed E-state index contributed by atoms with van der Waals surface area (Å²) in [5.74, 6) is 0.904. The van der Waals surface area contributed by atoms with E-state index in [1.165, 1.54) is 23.0 Å². The predicted molar refractivity (Wildman–Crippen MR) is 101 cm³/mol. The molecule has 29 heavy (non-hydrogen) atoms. The van der Waals surface area contributed by atoms with Gasteiger partial charge < -0.3 is 4.57 Å². The molecule has 3 heterocycles. The molecule has 3 aromatic heterocycles. The van der Waals surface area contributed by atoms with E-state index >= 15 is 0 Å². The molecule has 0 amide bonds. The molecule has 0 aliphatic heterocycles. The van der Waals surface area contributed by atoms with Crippen molar-refractivity contribution in [2.24, 2.45) is 7.05 Å². The van der Waals surface area contributed by atoms with E-state index in [9.17, 15) is 18.0 Å². The minimum Gasteiger partial charge on any atom is -0.321 e. The van der Waals surface area contributed by atoms with Gasteiger partial charge in [-0.25, -0.2) is 4.79 Å². The van der Waals surface area contributed by atoms with Crippen LogP contribution in [0.25, 0.3) is 11.2 Å². The van der Waals surface area contributed by atoms with Crippen LogP contribution in [0.1, 0.15) is 29.8 Å². The van der Waals surface area contributed by atoms with Gasteiger partial charge in [-0.3, -0.25) is 8.97 Å². The Morgan fingerprint density at radius 3 is 2.66 bits per heavy atom. The van der Waals surface area contributed by atoms with Crippen molar-refractivity contribution in [1.82, 2.24) is 23.7 Å². The third-order valence-corrected chi connectivity index (χ3v) is 5.01. The van der Waals surface area contributed by atoms with Crippen molar-refractivity contribution in [3.63, 3.8) is 0 Å². The Morgan fingerprint density at radius 1 is 1.17 bits per heavy atom. The lowest BCUT2D eigenvalue weighted by Gasteiger charge is -2.13. The molecule has 6 nitrogen and oxygen atoms in total. The average Bonchev–Trinajstić information content (AvgIpc) is 3.24. The Kier molecular flexibility index (Phi) is 4.52. The molecule has 0 unspecified atom stereocenters. The highest BCUT2D eigenvalue weighted by molar-refractivity contribution is 5.56. The normalized spacial score (nSPS) is 13.1. The summed E-state index contributed by atoms with van der Waals surface area (Å²) in [4.78, 5) is 12.7. The van der Waals surface area contributed by atoms with Crippen molar-refractivity contribution < 1.29 is 13.2 Å². The van der Waals surface area contributed by atoms with Gasteiger partial charge in [0.15, 0.2) is 0 Å². The second-order valence-electron chi connectivity index (χ2n) is 7.01. The number of fused-ring (bicyclic) bond motifs is 1. The number of aryl methyl sites for hydroxylation is 1. The lowest BCUT2D eigenvalue weighted by molar-refractivity contribution is -0.136. The van der Waals surface area contributed by atoms with Gasteiger partial charge in [-0.05, 0) is 35.7 Å². The first-order valence-electron chi connectivity index (χ1n) is 8.99. The van der Waals surface area contributed by atoms with Gasteiger partial charge in [0.2, 0.25) is 0 Å². The molecule has 9 heteroatoms. The maximum atomic E-state index is 13.3. The first-order chi connectivity index (χ1) is 13.8. The van der Waals surface area contributed by atoms with Crippen molar-refractivity contribution in [2.45, 2.75) is 25.4 Å². The fourth-order valence-electron chi connectivity index (χ4n) is 3.40. The fraction of sp³-hybridized carbons (Fsp3) is 0.250. The molecular formula is C20H18F3N5O. The van der Waals surface area contributed by atoms with Gasteiger partial charge >= 0.3 is 11.9 Å². The van der Waals surface area contributed by atoms with Crippen LogP contribution in [0.4, 0.5) is 13.2 Å². The number of benzene rings is 1. The average molecular weight is 401 g/mol. The molecule has 0 aliphatic carbocycles. The summed E-state index contributed by atoms with van der Waals surface area (Å²) in [6.07, 6.45) is 0.299. The molecule has 0 aliphatic rings. The maximum absolute atomic E-state index is 13.3. The van der Waals surface area contributed by atoms with Gasteiger partial charge in [-0.1, -0.05) is 19.1 Å². The minimum absolute atomic E-state index is 0.0799. The summed E-state index contributed by atoms with van der Waals surface area (Å²) in [5, 5.41) is 7.96. The number of imidazole rings is 1. The van der Waals surface area contributed by atoms with E-state index in [0.717, 1.165) is 21.9 Å². The fourth-order valence-corrected chi connectivity index (χ4v) is 3.40. The number of hydrogen-bond acceptors (Lipinski definition) is 3. The third-order valence-electron chi connectivity index (χ3n) is 5.01. The zero-order valence-corrected chi connectivity index (χ0v) is 15.8. The van der Waals surface area contributed by atoms with Crippen LogP contribution in [0.3, 0.4) is 0 Å². The smallest absolute Gasteiger partial charge is 0.321 e. The monoisotopic (exact) mass is 401 g/mol. The molecule has 0 N–H and O–H groups in total. The Bertz CT molecular complexity index is 1230. The molecule has 0 fully saturated rings. The first-order valence-corrected chi connectivity index (χ1v) is 8.99. The standard InChI is InChI=1S/C20H18F3N5O/c1-13(9-18-25-24-12-26(18)2)14-5-3-6-15(10-14)28-11-17-16(20(21,22)23)7-4-8-27(17)19(28)29/h3-8,10-13H,9H2,1-2H3/t13-/m1/s1. The number of halogens is 3. The molecule has 1 aromatic carbocycles. The number of hydrogen-bond donors (Lipinski definition) is 0. The number of pyridine rings is 1. The molecule has 0 saturated heterocycles. The predicted octanol–water partition coefficient (Wildman–Crippen LogP) is 3.58. The Balaban J connectivity index is 1.75. The van der Waals surface area contributed by atoms with Crippen molar-refractivity contribution >= 4 is 5.52 Å². The Morgan fingerprint density at radius 2 is 1.97 bits per heavy atom. The zero-order valence-electron chi connectivity index (χ0n) is 15.8. The van der Waals surface area contributed by atoms with Crippen molar-refractivity contribution in [1.29, 1.82) is 0 Å². The topological polar surface area (TPSA) is 57.1 Å². The molecule has 4 aromatic rings. The van der Waals surface area contributed by atoms with Crippen molar-refractivity contribution in [2.75, 3.05) is 0 Å². The van der Waals surface area contributed by atoms with E-state index in [1.54, 1.807) is 18.5 Å². The largest absolute Gasteiger partial charge is 0.418 e. The van der Waals surface area contributed by atoms with Crippen molar-refractivity contribution in [3.05, 3.63) is 82.6 Å². The van der Waals surface area contributed by atoms with Crippen LogP contribution in [0.15, 0.2) is 59.9 Å². The second-order valence-corrected chi connectivity index (χ2v) is 7.01. The van der Waals surface area contributed by atoms with Gasteiger partial charge in [-0.2, -0.15) is 13.2 Å². The van der Waals surface area contributed by atoms with E-state index in [-0.39, 0.29) is 11.4 Å².